The summed E-state index contributed by atoms with van der Waals surface area (Å²) in [6.45, 7) is -0.526. The van der Waals surface area contributed by atoms with Gasteiger partial charge in [0.15, 0.2) is 18.6 Å². The standard InChI is InChI=1S/C14H23NO8P/c1-20-14-12(18)13(11(17)10(7-16)21-14)22-24(19,23-15)8-9-5-3-2-4-6-9/h2-6,10-14,16-18H,7-8H2,1,15H3/q+2/t10-,11+,12-,13+,14-,24?/m1/s1. The Morgan fingerprint density at radius 3 is 2.46 bits per heavy atom. The monoisotopic (exact) mass is 364 g/mol. The van der Waals surface area contributed by atoms with E-state index >= 15 is 0 Å². The molecule has 1 aromatic rings. The van der Waals surface area contributed by atoms with Crippen LogP contribution in [-0.2, 0) is 29.7 Å². The largest absolute Gasteiger partial charge is 0.523 e. The molecule has 1 aliphatic rings. The second kappa shape index (κ2) is 8.59. The molecule has 1 aliphatic heterocycles. The molecular weight excluding hydrogens is 341 g/mol. The molecule has 6 N–H and O–H groups in total. The minimum absolute atomic E-state index is 0.0877. The number of hydrogen-bond donors (Lipinski definition) is 4. The van der Waals surface area contributed by atoms with E-state index in [4.69, 9.17) is 18.6 Å². The number of quaternary nitrogens is 1. The Morgan fingerprint density at radius 1 is 1.25 bits per heavy atom. The van der Waals surface area contributed by atoms with Gasteiger partial charge in [-0.25, -0.2) is 0 Å². The normalized spacial score (nSPS) is 33.2. The zero-order chi connectivity index (χ0) is 17.7. The van der Waals surface area contributed by atoms with Crippen molar-refractivity contribution in [2.45, 2.75) is 36.9 Å². The van der Waals surface area contributed by atoms with Gasteiger partial charge in [0.1, 0.15) is 18.3 Å². The average molecular weight is 364 g/mol. The molecule has 0 bridgehead atoms. The number of ether oxygens (including phenoxy) is 2. The topological polar surface area (TPSA) is 145 Å². The molecule has 1 fully saturated rings. The Kier molecular flexibility index (Phi) is 7.02. The van der Waals surface area contributed by atoms with Crippen LogP contribution in [0.15, 0.2) is 30.3 Å². The summed E-state index contributed by atoms with van der Waals surface area (Å²) in [5, 5.41) is 29.7. The van der Waals surface area contributed by atoms with E-state index in [0.717, 1.165) is 0 Å². The van der Waals surface area contributed by atoms with Gasteiger partial charge in [0.05, 0.1) is 6.61 Å². The molecule has 1 unspecified atom stereocenters. The highest BCUT2D eigenvalue weighted by molar-refractivity contribution is 7.59. The summed E-state index contributed by atoms with van der Waals surface area (Å²) >= 11 is 0. The van der Waals surface area contributed by atoms with Gasteiger partial charge in [0, 0.05) is 16.6 Å². The first kappa shape index (κ1) is 19.6. The van der Waals surface area contributed by atoms with Gasteiger partial charge in [-0.15, -0.1) is 0 Å². The third kappa shape index (κ3) is 4.47. The van der Waals surface area contributed by atoms with Crippen molar-refractivity contribution < 1.29 is 44.7 Å². The average Bonchev–Trinajstić information content (AvgIpc) is 2.60. The fourth-order valence-corrected chi connectivity index (χ4v) is 3.98. The Balaban J connectivity index is 2.17. The predicted octanol–water partition coefficient (Wildman–Crippen LogP) is -0.976. The molecule has 0 aromatic heterocycles. The molecule has 1 radical (unpaired) electrons. The van der Waals surface area contributed by atoms with Crippen LogP contribution in [0.25, 0.3) is 0 Å². The smallest absolute Gasteiger partial charge is 0.394 e. The van der Waals surface area contributed by atoms with Crippen molar-refractivity contribution >= 4 is 7.94 Å². The lowest BCUT2D eigenvalue weighted by atomic mass is 9.99. The molecule has 0 saturated carbocycles. The van der Waals surface area contributed by atoms with Crippen molar-refractivity contribution in [1.82, 2.24) is 0 Å². The van der Waals surface area contributed by atoms with E-state index < -0.39 is 45.3 Å². The van der Waals surface area contributed by atoms with Crippen molar-refractivity contribution in [3.8, 4) is 0 Å². The van der Waals surface area contributed by atoms with Gasteiger partial charge in [-0.2, -0.15) is 10.4 Å². The van der Waals surface area contributed by atoms with Crippen LogP contribution in [0.4, 0.5) is 0 Å². The van der Waals surface area contributed by atoms with Crippen LogP contribution in [0.3, 0.4) is 0 Å². The Hall–Kier alpha value is -0.710. The summed E-state index contributed by atoms with van der Waals surface area (Å²) in [4.78, 5) is 12.8. The molecule has 0 spiro atoms. The third-order valence-electron chi connectivity index (χ3n) is 3.75. The lowest BCUT2D eigenvalue weighted by Crippen LogP contribution is -2.60. The van der Waals surface area contributed by atoms with Gasteiger partial charge in [-0.1, -0.05) is 30.3 Å². The molecular formula is C14H23NO8P+2. The van der Waals surface area contributed by atoms with E-state index in [1.807, 2.05) is 0 Å². The lowest BCUT2D eigenvalue weighted by Gasteiger charge is -2.40. The van der Waals surface area contributed by atoms with E-state index in [1.54, 1.807) is 30.3 Å². The number of aliphatic hydroxyl groups is 3. The van der Waals surface area contributed by atoms with Gasteiger partial charge in [-0.05, 0) is 5.56 Å². The predicted molar refractivity (Wildman–Crippen MR) is 81.4 cm³/mol. The molecule has 0 aliphatic carbocycles. The molecule has 24 heavy (non-hydrogen) atoms. The summed E-state index contributed by atoms with van der Waals surface area (Å²) < 4.78 is 20.4. The number of benzene rings is 1. The quantitative estimate of drug-likeness (QED) is 0.359. The van der Waals surface area contributed by atoms with Crippen LogP contribution in [0.5, 0.6) is 0 Å². The highest BCUT2D eigenvalue weighted by Crippen LogP contribution is 2.60. The van der Waals surface area contributed by atoms with Crippen molar-refractivity contribution in [1.29, 1.82) is 0 Å². The van der Waals surface area contributed by atoms with Gasteiger partial charge in [0.2, 0.25) is 0 Å². The summed E-state index contributed by atoms with van der Waals surface area (Å²) in [5.41, 5.74) is 0.683. The zero-order valence-corrected chi connectivity index (χ0v) is 14.1. The summed E-state index contributed by atoms with van der Waals surface area (Å²) in [5.74, 6) is 3.18. The molecule has 1 saturated heterocycles. The van der Waals surface area contributed by atoms with Crippen LogP contribution >= 0.6 is 7.94 Å². The first-order valence-electron chi connectivity index (χ1n) is 7.34. The van der Waals surface area contributed by atoms with E-state index in [1.165, 1.54) is 7.11 Å². The maximum Gasteiger partial charge on any atom is 0.523 e. The van der Waals surface area contributed by atoms with Crippen molar-refractivity contribution in [3.63, 3.8) is 0 Å². The maximum absolute atomic E-state index is 12.8. The van der Waals surface area contributed by atoms with Crippen LogP contribution in [0.1, 0.15) is 5.56 Å². The van der Waals surface area contributed by atoms with Crippen LogP contribution in [0, 0.1) is 0 Å². The molecule has 9 nitrogen and oxygen atoms in total. The third-order valence-corrected chi connectivity index (χ3v) is 5.46. The minimum Gasteiger partial charge on any atom is -0.394 e. The Bertz CT molecular complexity index is 493. The highest BCUT2D eigenvalue weighted by atomic mass is 31.2. The fraction of sp³-hybridized carbons (Fsp3) is 0.571. The van der Waals surface area contributed by atoms with Crippen molar-refractivity contribution in [2.24, 2.45) is 0 Å². The van der Waals surface area contributed by atoms with Gasteiger partial charge < -0.3 is 24.8 Å². The Labute approximate surface area is 140 Å². The van der Waals surface area contributed by atoms with Gasteiger partial charge in [0.25, 0.3) is 0 Å². The van der Waals surface area contributed by atoms with Gasteiger partial charge in [-0.3, -0.25) is 0 Å². The van der Waals surface area contributed by atoms with Crippen LogP contribution in [0.2, 0.25) is 0 Å². The van der Waals surface area contributed by atoms with Gasteiger partial charge >= 0.3 is 7.94 Å². The second-order valence-corrected chi connectivity index (χ2v) is 7.40. The summed E-state index contributed by atoms with van der Waals surface area (Å²) in [7, 11) is -2.47. The van der Waals surface area contributed by atoms with E-state index in [2.05, 4.69) is 5.90 Å². The molecule has 1 heterocycles. The molecule has 1 aromatic carbocycles. The van der Waals surface area contributed by atoms with Crippen molar-refractivity contribution in [3.05, 3.63) is 35.9 Å². The molecule has 2 rings (SSSR count). The van der Waals surface area contributed by atoms with E-state index in [0.29, 0.717) is 5.56 Å². The first-order chi connectivity index (χ1) is 11.4. The Morgan fingerprint density at radius 2 is 1.92 bits per heavy atom. The molecule has 135 valence electrons. The fourth-order valence-electron chi connectivity index (χ4n) is 2.48. The molecule has 10 heteroatoms. The SMILES string of the molecule is CO[C@@H]1O[C@H](CO)[C@H](O)[C@H](O[P+]([O])(Cc2ccccc2)O[NH3+])[C@H]1O. The molecule has 0 amide bonds. The van der Waals surface area contributed by atoms with Crippen LogP contribution in [-0.4, -0.2) is 59.7 Å². The number of hydrogen-bond acceptors (Lipinski definition) is 7. The highest BCUT2D eigenvalue weighted by Gasteiger charge is 2.57. The summed E-state index contributed by atoms with van der Waals surface area (Å²) in [6, 6.07) is 8.81. The first-order valence-corrected chi connectivity index (χ1v) is 9.07. The summed E-state index contributed by atoms with van der Waals surface area (Å²) in [6.07, 6.45) is -6.47. The van der Waals surface area contributed by atoms with Crippen molar-refractivity contribution in [2.75, 3.05) is 13.7 Å². The zero-order valence-electron chi connectivity index (χ0n) is 13.2. The number of methoxy groups -OCH3 is 1. The lowest BCUT2D eigenvalue weighted by molar-refractivity contribution is -0.644. The maximum atomic E-state index is 12.8. The number of rotatable bonds is 7. The van der Waals surface area contributed by atoms with E-state index in [-0.39, 0.29) is 6.16 Å². The van der Waals surface area contributed by atoms with E-state index in [9.17, 15) is 20.2 Å². The number of aliphatic hydroxyl groups excluding tert-OH is 3. The minimum atomic E-state index is -3.76. The molecule has 6 atom stereocenters. The second-order valence-electron chi connectivity index (χ2n) is 5.40. The van der Waals surface area contributed by atoms with Crippen LogP contribution < -0.4 is 5.90 Å².